The van der Waals surface area contributed by atoms with E-state index in [0.29, 0.717) is 0 Å². The standard InChI is InChI=1S/2C6HF5S.C2H7N.2C2H6N.Ti/c2*7-1-2(8)4(10)6(12)5(11)3(1)9;3*1-3-2;/h2*12H;3H,1-2H3;2*1-2H3;/q;;;2*-1;+4/p-2. The Balaban J connectivity index is -0.000000193. The predicted molar refractivity (Wildman–Crippen MR) is 109 cm³/mol. The van der Waals surface area contributed by atoms with Gasteiger partial charge in [-0.1, -0.05) is 9.79 Å². The van der Waals surface area contributed by atoms with E-state index in [1.165, 1.54) is 0 Å². The number of hydrogen-bond donors (Lipinski definition) is 1. The molecule has 0 saturated heterocycles. The van der Waals surface area contributed by atoms with E-state index in [1.807, 2.05) is 14.1 Å². The van der Waals surface area contributed by atoms with Crippen molar-refractivity contribution in [3.8, 4) is 0 Å². The Morgan fingerprint density at radius 1 is 0.441 bits per heavy atom. The number of hydrogen-bond acceptors (Lipinski definition) is 3. The molecular weight excluding hydrogens is 560 g/mol. The van der Waals surface area contributed by atoms with Crippen LogP contribution in [-0.2, 0) is 47.0 Å². The third kappa shape index (κ3) is 12.5. The molecule has 192 valence electrons. The Morgan fingerprint density at radius 3 is 0.647 bits per heavy atom. The molecule has 2 aromatic carbocycles. The fraction of sp³-hybridized carbons (Fsp3) is 0.333. The summed E-state index contributed by atoms with van der Waals surface area (Å²) in [4.78, 5) is -2.57. The minimum atomic E-state index is -2.20. The van der Waals surface area contributed by atoms with Gasteiger partial charge in [-0.05, 0) is 14.1 Å². The smallest absolute Gasteiger partial charge is 0.774 e. The third-order valence-electron chi connectivity index (χ3n) is 2.34. The van der Waals surface area contributed by atoms with Crippen molar-refractivity contribution in [2.45, 2.75) is 9.79 Å². The molecule has 0 aliphatic rings. The van der Waals surface area contributed by atoms with Gasteiger partial charge in [0.1, 0.15) is 23.3 Å². The van der Waals surface area contributed by atoms with Crippen LogP contribution >= 0.6 is 0 Å². The maximum absolute atomic E-state index is 12.3. The van der Waals surface area contributed by atoms with Gasteiger partial charge in [0, 0.05) is 0 Å². The molecule has 1 N–H and O–H groups in total. The van der Waals surface area contributed by atoms with Crippen LogP contribution in [0.5, 0.6) is 0 Å². The van der Waals surface area contributed by atoms with Crippen molar-refractivity contribution in [3.63, 3.8) is 0 Å². The van der Waals surface area contributed by atoms with Gasteiger partial charge in [-0.15, -0.1) is 0 Å². The first-order valence-electron chi connectivity index (χ1n) is 8.09. The summed E-state index contributed by atoms with van der Waals surface area (Å²) in [6.45, 7) is 0. The molecule has 0 heterocycles. The molecule has 34 heavy (non-hydrogen) atoms. The van der Waals surface area contributed by atoms with Crippen LogP contribution in [0.15, 0.2) is 9.79 Å². The minimum absolute atomic E-state index is 0. The number of nitrogens with zero attached hydrogens (tertiary/aromatic N) is 2. The molecule has 0 aliphatic heterocycles. The zero-order chi connectivity index (χ0) is 27.0. The van der Waals surface area contributed by atoms with Crippen LogP contribution in [-0.4, -0.2) is 42.3 Å². The van der Waals surface area contributed by atoms with Gasteiger partial charge < -0.3 is 41.2 Å². The molecule has 2 rings (SSSR count). The van der Waals surface area contributed by atoms with Crippen molar-refractivity contribution in [1.82, 2.24) is 5.32 Å². The fourth-order valence-corrected chi connectivity index (χ4v) is 1.53. The molecule has 0 aromatic heterocycles. The molecule has 0 atom stereocenters. The van der Waals surface area contributed by atoms with E-state index in [0.717, 1.165) is 0 Å². The molecule has 0 aliphatic carbocycles. The van der Waals surface area contributed by atoms with Gasteiger partial charge in [0.25, 0.3) is 0 Å². The Labute approximate surface area is 216 Å². The zero-order valence-electron chi connectivity index (χ0n) is 18.5. The van der Waals surface area contributed by atoms with Crippen molar-refractivity contribution in [2.24, 2.45) is 0 Å². The van der Waals surface area contributed by atoms with E-state index in [-0.39, 0.29) is 21.7 Å². The summed E-state index contributed by atoms with van der Waals surface area (Å²) in [6, 6.07) is 0. The van der Waals surface area contributed by atoms with Crippen LogP contribution in [0.2, 0.25) is 0 Å². The SMILES string of the molecule is CNC.C[N-]C.C[N-]C.Fc1c(F)c(F)c([S-])c(F)c1F.Fc1c(F)c(F)c([S-])c(F)c1F.[Ti+4]. The molecule has 3 nitrogen and oxygen atoms in total. The average Bonchev–Trinajstić information content (AvgIpc) is 2.78. The molecular formula is C18H19F10N3S2Ti. The van der Waals surface area contributed by atoms with E-state index in [2.05, 4.69) is 41.2 Å². The molecule has 2 aromatic rings. The topological polar surface area (TPSA) is 40.2 Å². The van der Waals surface area contributed by atoms with E-state index in [9.17, 15) is 43.9 Å². The van der Waals surface area contributed by atoms with Crippen LogP contribution in [0, 0.1) is 58.2 Å². The maximum Gasteiger partial charge on any atom is 4.00 e. The Kier molecular flexibility index (Phi) is 24.8. The van der Waals surface area contributed by atoms with E-state index < -0.39 is 68.0 Å². The average molecular weight is 579 g/mol. The number of nitrogens with one attached hydrogen (secondary N) is 1. The van der Waals surface area contributed by atoms with Crippen molar-refractivity contribution in [2.75, 3.05) is 42.3 Å². The second-order valence-electron chi connectivity index (χ2n) is 5.19. The van der Waals surface area contributed by atoms with Gasteiger partial charge in [0.05, 0.1) is 0 Å². The summed E-state index contributed by atoms with van der Waals surface area (Å²) < 4.78 is 122. The third-order valence-corrected chi connectivity index (χ3v) is 3.06. The summed E-state index contributed by atoms with van der Waals surface area (Å²) >= 11 is 7.86. The van der Waals surface area contributed by atoms with Gasteiger partial charge in [-0.3, -0.25) is 0 Å². The van der Waals surface area contributed by atoms with Gasteiger partial charge in [-0.2, -0.15) is 28.2 Å². The van der Waals surface area contributed by atoms with Crippen molar-refractivity contribution < 1.29 is 65.6 Å². The van der Waals surface area contributed by atoms with E-state index >= 15 is 0 Å². The Hall–Kier alpha value is -1.23. The van der Waals surface area contributed by atoms with Crippen molar-refractivity contribution >= 4 is 25.3 Å². The Bertz CT molecular complexity index is 595. The van der Waals surface area contributed by atoms with Gasteiger partial charge >= 0.3 is 21.7 Å². The molecule has 0 spiro atoms. The van der Waals surface area contributed by atoms with Crippen LogP contribution in [0.4, 0.5) is 43.9 Å². The van der Waals surface area contributed by atoms with Crippen LogP contribution in [0.25, 0.3) is 10.6 Å². The number of halogens is 10. The Morgan fingerprint density at radius 2 is 0.529 bits per heavy atom. The van der Waals surface area contributed by atoms with Crippen LogP contribution in [0.1, 0.15) is 0 Å². The second-order valence-corrected chi connectivity index (χ2v) is 6.01. The fourth-order valence-electron chi connectivity index (χ4n) is 1.17. The summed E-state index contributed by atoms with van der Waals surface area (Å²) in [5.74, 6) is -20.3. The molecule has 0 amide bonds. The monoisotopic (exact) mass is 579 g/mol. The molecule has 0 radical (unpaired) electrons. The van der Waals surface area contributed by atoms with Gasteiger partial charge in [0.15, 0.2) is 34.9 Å². The summed E-state index contributed by atoms with van der Waals surface area (Å²) in [5.41, 5.74) is 0. The molecule has 0 saturated carbocycles. The normalized spacial score (nSPS) is 8.94. The second kappa shape index (κ2) is 21.1. The summed E-state index contributed by atoms with van der Waals surface area (Å²) in [6.07, 6.45) is 0. The van der Waals surface area contributed by atoms with Crippen LogP contribution in [0.3, 0.4) is 0 Å². The van der Waals surface area contributed by atoms with Crippen molar-refractivity contribution in [1.29, 1.82) is 0 Å². The van der Waals surface area contributed by atoms with Crippen molar-refractivity contribution in [3.05, 3.63) is 68.8 Å². The molecule has 16 heteroatoms. The quantitative estimate of drug-likeness (QED) is 0.144. The predicted octanol–water partition coefficient (Wildman–Crippen LogP) is 5.65. The largest absolute Gasteiger partial charge is 4.00 e. The summed E-state index contributed by atoms with van der Waals surface area (Å²) in [7, 11) is 10.8. The molecule has 0 bridgehead atoms. The first kappa shape index (κ1) is 40.0. The first-order valence-corrected chi connectivity index (χ1v) is 8.90. The molecule has 0 unspecified atom stereocenters. The first-order chi connectivity index (χ1) is 15.2. The van der Waals surface area contributed by atoms with Gasteiger partial charge in [-0.25, -0.2) is 43.9 Å². The molecule has 0 fully saturated rings. The maximum atomic E-state index is 12.3. The minimum Gasteiger partial charge on any atom is -0.774 e. The van der Waals surface area contributed by atoms with E-state index in [4.69, 9.17) is 0 Å². The number of rotatable bonds is 0. The van der Waals surface area contributed by atoms with Crippen LogP contribution < -0.4 is 5.32 Å². The number of benzene rings is 2. The zero-order valence-corrected chi connectivity index (χ0v) is 21.7. The van der Waals surface area contributed by atoms with E-state index in [1.54, 1.807) is 28.2 Å². The van der Waals surface area contributed by atoms with Gasteiger partial charge in [0.2, 0.25) is 0 Å². The summed E-state index contributed by atoms with van der Waals surface area (Å²) in [5, 5.41) is 9.75.